The van der Waals surface area contributed by atoms with E-state index in [1.807, 2.05) is 6.07 Å². The van der Waals surface area contributed by atoms with Crippen LogP contribution in [0.5, 0.6) is 0 Å². The van der Waals surface area contributed by atoms with Gasteiger partial charge < -0.3 is 5.73 Å². The van der Waals surface area contributed by atoms with E-state index in [2.05, 4.69) is 36.8 Å². The molecule has 2 rings (SSSR count). The highest BCUT2D eigenvalue weighted by atomic mass is 79.9. The average Bonchev–Trinajstić information content (AvgIpc) is 2.48. The van der Waals surface area contributed by atoms with Crippen LogP contribution in [-0.2, 0) is 5.79 Å². The van der Waals surface area contributed by atoms with Crippen LogP contribution in [0.3, 0.4) is 0 Å². The molecule has 74 valence electrons. The first-order valence-electron chi connectivity index (χ1n) is 3.89. The lowest BCUT2D eigenvalue weighted by molar-refractivity contribution is 0.374. The lowest BCUT2D eigenvalue weighted by Gasteiger charge is -2.19. The molecule has 2 heterocycles. The fraction of sp³-hybridized carbons (Fsp3) is 0.143. The molecule has 0 aliphatic carbocycles. The zero-order valence-electron chi connectivity index (χ0n) is 7.16. The zero-order chi connectivity index (χ0) is 10.2. The Morgan fingerprint density at radius 1 is 1.43 bits per heavy atom. The predicted octanol–water partition coefficient (Wildman–Crippen LogP) is -0.664. The number of hydrazine groups is 1. The van der Waals surface area contributed by atoms with E-state index < -0.39 is 5.79 Å². The molecule has 0 bridgehead atoms. The van der Waals surface area contributed by atoms with E-state index in [1.165, 1.54) is 0 Å². The summed E-state index contributed by atoms with van der Waals surface area (Å²) in [5.41, 5.74) is 17.5. The van der Waals surface area contributed by atoms with E-state index in [9.17, 15) is 0 Å². The Balaban J connectivity index is 2.35. The van der Waals surface area contributed by atoms with Gasteiger partial charge in [-0.05, 0) is 28.1 Å². The van der Waals surface area contributed by atoms with Crippen LogP contribution >= 0.6 is 15.9 Å². The maximum absolute atomic E-state index is 5.92. The van der Waals surface area contributed by atoms with Crippen molar-refractivity contribution in [3.63, 3.8) is 0 Å². The normalized spacial score (nSPS) is 25.7. The summed E-state index contributed by atoms with van der Waals surface area (Å²) in [6.45, 7) is 0. The number of hydrogen-bond donors (Lipinski definition) is 4. The molecule has 1 aromatic rings. The summed E-state index contributed by atoms with van der Waals surface area (Å²) in [4.78, 5) is 8.07. The van der Waals surface area contributed by atoms with Gasteiger partial charge in [0.15, 0.2) is 0 Å². The lowest BCUT2D eigenvalue weighted by atomic mass is 10.2. The Kier molecular flexibility index (Phi) is 2.14. The molecule has 0 saturated carbocycles. The first kappa shape index (κ1) is 9.38. The van der Waals surface area contributed by atoms with Gasteiger partial charge in [-0.25, -0.2) is 9.98 Å². The fourth-order valence-corrected chi connectivity index (χ4v) is 1.38. The number of halogens is 1. The molecule has 1 unspecified atom stereocenters. The van der Waals surface area contributed by atoms with Crippen molar-refractivity contribution in [3.8, 4) is 0 Å². The van der Waals surface area contributed by atoms with E-state index in [0.29, 0.717) is 0 Å². The topological polar surface area (TPSA) is 101 Å². The third kappa shape index (κ3) is 1.57. The Hall–Kier alpha value is -1.18. The fourth-order valence-electron chi connectivity index (χ4n) is 1.14. The molecule has 0 radical (unpaired) electrons. The molecule has 14 heavy (non-hydrogen) atoms. The standard InChI is InChI=1S/C7H9BrN6/c8-5-2-1-4(3-11-5)7(10)12-6(9)13-14-7/h1-3,14H,10H2,(H3,9,12,13). The van der Waals surface area contributed by atoms with Gasteiger partial charge in [0.1, 0.15) is 4.60 Å². The molecule has 0 saturated heterocycles. The van der Waals surface area contributed by atoms with E-state index in [0.717, 1.165) is 10.2 Å². The molecule has 0 aromatic carbocycles. The largest absolute Gasteiger partial charge is 0.369 e. The first-order valence-corrected chi connectivity index (χ1v) is 4.69. The summed E-state index contributed by atoms with van der Waals surface area (Å²) in [5, 5.41) is 0. The third-order valence-corrected chi connectivity index (χ3v) is 2.31. The van der Waals surface area contributed by atoms with Gasteiger partial charge in [-0.1, -0.05) is 0 Å². The minimum absolute atomic E-state index is 0.260. The van der Waals surface area contributed by atoms with Gasteiger partial charge in [0.25, 0.3) is 0 Å². The number of guanidine groups is 1. The predicted molar refractivity (Wildman–Crippen MR) is 55.7 cm³/mol. The van der Waals surface area contributed by atoms with Crippen molar-refractivity contribution in [3.05, 3.63) is 28.5 Å². The summed E-state index contributed by atoms with van der Waals surface area (Å²) in [5.74, 6) is -0.770. The highest BCUT2D eigenvalue weighted by Crippen LogP contribution is 2.18. The van der Waals surface area contributed by atoms with Crippen LogP contribution in [0.4, 0.5) is 0 Å². The van der Waals surface area contributed by atoms with Crippen LogP contribution in [0, 0.1) is 0 Å². The zero-order valence-corrected chi connectivity index (χ0v) is 8.75. The van der Waals surface area contributed by atoms with Crippen molar-refractivity contribution in [2.24, 2.45) is 16.5 Å². The number of nitrogens with two attached hydrogens (primary N) is 2. The Morgan fingerprint density at radius 3 is 2.71 bits per heavy atom. The molecule has 7 heteroatoms. The molecule has 1 atom stereocenters. The van der Waals surface area contributed by atoms with E-state index in [4.69, 9.17) is 11.5 Å². The molecular weight excluding hydrogens is 248 g/mol. The number of nitrogens with one attached hydrogen (secondary N) is 2. The second kappa shape index (κ2) is 3.19. The van der Waals surface area contributed by atoms with Crippen LogP contribution in [0.1, 0.15) is 5.56 Å². The SMILES string of the molecule is NC1=NC(N)(c2ccc(Br)nc2)NN1. The quantitative estimate of drug-likeness (QED) is 0.500. The van der Waals surface area contributed by atoms with Crippen LogP contribution in [0.15, 0.2) is 27.9 Å². The molecule has 1 aromatic heterocycles. The number of rotatable bonds is 1. The smallest absolute Gasteiger partial charge is 0.210 e. The van der Waals surface area contributed by atoms with Crippen molar-refractivity contribution in [1.29, 1.82) is 0 Å². The number of nitrogens with zero attached hydrogens (tertiary/aromatic N) is 2. The summed E-state index contributed by atoms with van der Waals surface area (Å²) in [6, 6.07) is 3.60. The van der Waals surface area contributed by atoms with Crippen LogP contribution in [0.25, 0.3) is 0 Å². The van der Waals surface area contributed by atoms with E-state index >= 15 is 0 Å². The molecular formula is C7H9BrN6. The van der Waals surface area contributed by atoms with Gasteiger partial charge in [0, 0.05) is 11.8 Å². The molecule has 1 aliphatic rings. The minimum atomic E-state index is -1.03. The second-order valence-electron chi connectivity index (χ2n) is 2.88. The summed E-state index contributed by atoms with van der Waals surface area (Å²) in [7, 11) is 0. The highest BCUT2D eigenvalue weighted by Gasteiger charge is 2.31. The summed E-state index contributed by atoms with van der Waals surface area (Å²) < 4.78 is 0.743. The van der Waals surface area contributed by atoms with Crippen molar-refractivity contribution >= 4 is 21.9 Å². The van der Waals surface area contributed by atoms with Crippen LogP contribution < -0.4 is 22.3 Å². The minimum Gasteiger partial charge on any atom is -0.369 e. The number of aliphatic imine (C=N–C) groups is 1. The second-order valence-corrected chi connectivity index (χ2v) is 3.70. The Morgan fingerprint density at radius 2 is 2.21 bits per heavy atom. The van der Waals surface area contributed by atoms with Gasteiger partial charge in [0.05, 0.1) is 0 Å². The monoisotopic (exact) mass is 256 g/mol. The maximum atomic E-state index is 5.92. The number of hydrogen-bond acceptors (Lipinski definition) is 6. The van der Waals surface area contributed by atoms with Gasteiger partial charge in [-0.2, -0.15) is 5.43 Å². The average molecular weight is 257 g/mol. The van der Waals surface area contributed by atoms with Gasteiger partial charge in [-0.15, -0.1) is 0 Å². The molecule has 0 amide bonds. The highest BCUT2D eigenvalue weighted by molar-refractivity contribution is 9.10. The number of aromatic nitrogens is 1. The molecule has 6 N–H and O–H groups in total. The molecule has 6 nitrogen and oxygen atoms in total. The summed E-state index contributed by atoms with van der Waals surface area (Å²) in [6.07, 6.45) is 1.63. The first-order chi connectivity index (χ1) is 6.60. The van der Waals surface area contributed by atoms with Crippen molar-refractivity contribution in [2.45, 2.75) is 5.79 Å². The van der Waals surface area contributed by atoms with E-state index in [-0.39, 0.29) is 5.96 Å². The van der Waals surface area contributed by atoms with Crippen molar-refractivity contribution in [1.82, 2.24) is 15.8 Å². The van der Waals surface area contributed by atoms with Crippen LogP contribution in [0.2, 0.25) is 0 Å². The Labute approximate surface area is 88.9 Å². The molecule has 0 fully saturated rings. The van der Waals surface area contributed by atoms with E-state index in [1.54, 1.807) is 12.3 Å². The van der Waals surface area contributed by atoms with Crippen molar-refractivity contribution in [2.75, 3.05) is 0 Å². The Bertz CT molecular complexity index is 374. The maximum Gasteiger partial charge on any atom is 0.210 e. The third-order valence-electron chi connectivity index (χ3n) is 1.85. The lowest BCUT2D eigenvalue weighted by Crippen LogP contribution is -2.50. The van der Waals surface area contributed by atoms with Crippen molar-refractivity contribution < 1.29 is 0 Å². The van der Waals surface area contributed by atoms with Gasteiger partial charge in [-0.3, -0.25) is 11.2 Å². The van der Waals surface area contributed by atoms with Gasteiger partial charge in [0.2, 0.25) is 11.7 Å². The molecule has 1 aliphatic heterocycles. The van der Waals surface area contributed by atoms with Crippen LogP contribution in [-0.4, -0.2) is 10.9 Å². The molecule has 0 spiro atoms. The number of pyridine rings is 1. The summed E-state index contributed by atoms with van der Waals surface area (Å²) >= 11 is 3.24. The van der Waals surface area contributed by atoms with Gasteiger partial charge >= 0.3 is 0 Å².